The van der Waals surface area contributed by atoms with Crippen LogP contribution in [0.3, 0.4) is 0 Å². The molecule has 2 heterocycles. The molecule has 1 aliphatic rings. The average molecular weight is 327 g/mol. The first-order chi connectivity index (χ1) is 12.2. The molecule has 1 atom stereocenters. The highest BCUT2D eigenvalue weighted by Gasteiger charge is 2.37. The normalized spacial score (nSPS) is 18.7. The zero-order valence-corrected chi connectivity index (χ0v) is 13.6. The van der Waals surface area contributed by atoms with Gasteiger partial charge in [0.05, 0.1) is 23.8 Å². The van der Waals surface area contributed by atoms with Crippen LogP contribution in [0.2, 0.25) is 0 Å². The molecular weight excluding hydrogens is 310 g/mol. The van der Waals surface area contributed by atoms with Crippen molar-refractivity contribution < 1.29 is 4.74 Å². The van der Waals surface area contributed by atoms with E-state index in [1.807, 2.05) is 36.4 Å². The monoisotopic (exact) mass is 327 g/mol. The van der Waals surface area contributed by atoms with Gasteiger partial charge in [0.1, 0.15) is 11.4 Å². The highest BCUT2D eigenvalue weighted by molar-refractivity contribution is 5.65. The first kappa shape index (κ1) is 15.4. The summed E-state index contributed by atoms with van der Waals surface area (Å²) in [7, 11) is 0. The summed E-state index contributed by atoms with van der Waals surface area (Å²) in [6.45, 7) is 0.576. The fourth-order valence-corrected chi connectivity index (χ4v) is 3.26. The van der Waals surface area contributed by atoms with Crippen molar-refractivity contribution in [3.63, 3.8) is 0 Å². The van der Waals surface area contributed by atoms with E-state index in [1.165, 1.54) is 0 Å². The lowest BCUT2D eigenvalue weighted by atomic mass is 9.82. The van der Waals surface area contributed by atoms with Crippen molar-refractivity contribution >= 4 is 0 Å². The van der Waals surface area contributed by atoms with E-state index in [0.717, 1.165) is 28.1 Å². The van der Waals surface area contributed by atoms with Gasteiger partial charge >= 0.3 is 0 Å². The van der Waals surface area contributed by atoms with Gasteiger partial charge < -0.3 is 10.5 Å². The number of rotatable bonds is 2. The van der Waals surface area contributed by atoms with Crippen LogP contribution < -0.4 is 10.5 Å². The Labute approximate surface area is 146 Å². The quantitative estimate of drug-likeness (QED) is 0.780. The van der Waals surface area contributed by atoms with Crippen molar-refractivity contribution in [1.82, 2.24) is 4.98 Å². The van der Waals surface area contributed by atoms with E-state index in [-0.39, 0.29) is 0 Å². The molecule has 0 spiro atoms. The topological polar surface area (TPSA) is 71.9 Å². The summed E-state index contributed by atoms with van der Waals surface area (Å²) >= 11 is 0. The third-order valence-electron chi connectivity index (χ3n) is 4.69. The molecule has 0 saturated heterocycles. The van der Waals surface area contributed by atoms with Gasteiger partial charge in [-0.2, -0.15) is 5.26 Å². The molecule has 0 unspecified atom stereocenters. The molecule has 0 amide bonds. The van der Waals surface area contributed by atoms with Crippen molar-refractivity contribution in [2.24, 2.45) is 5.73 Å². The molecule has 4 heteroatoms. The largest absolute Gasteiger partial charge is 0.491 e. The zero-order valence-electron chi connectivity index (χ0n) is 13.6. The van der Waals surface area contributed by atoms with Crippen molar-refractivity contribution in [2.45, 2.75) is 12.0 Å². The van der Waals surface area contributed by atoms with E-state index in [4.69, 9.17) is 15.7 Å². The summed E-state index contributed by atoms with van der Waals surface area (Å²) in [5, 5.41) is 8.91. The molecule has 0 radical (unpaired) electrons. The molecule has 2 N–H and O–H groups in total. The van der Waals surface area contributed by atoms with Crippen molar-refractivity contribution in [3.8, 4) is 22.9 Å². The van der Waals surface area contributed by atoms with Crippen molar-refractivity contribution in [2.75, 3.05) is 6.61 Å². The van der Waals surface area contributed by atoms with Crippen LogP contribution in [0.4, 0.5) is 0 Å². The van der Waals surface area contributed by atoms with Crippen LogP contribution in [0.5, 0.6) is 5.75 Å². The summed E-state index contributed by atoms with van der Waals surface area (Å²) in [5.41, 5.74) is 10.7. The second-order valence-electron chi connectivity index (χ2n) is 6.19. The fourth-order valence-electron chi connectivity index (χ4n) is 3.26. The maximum atomic E-state index is 8.91. The Morgan fingerprint density at radius 3 is 2.36 bits per heavy atom. The number of nitrogens with two attached hydrogens (primary N) is 1. The second kappa shape index (κ2) is 6.04. The van der Waals surface area contributed by atoms with Crippen molar-refractivity contribution in [1.29, 1.82) is 5.26 Å². The second-order valence-corrected chi connectivity index (χ2v) is 6.19. The molecule has 4 nitrogen and oxygen atoms in total. The fraction of sp³-hybridized carbons (Fsp3) is 0.143. The highest BCUT2D eigenvalue weighted by atomic mass is 16.5. The predicted molar refractivity (Wildman–Crippen MR) is 95.9 cm³/mol. The van der Waals surface area contributed by atoms with Crippen LogP contribution in [0.15, 0.2) is 66.9 Å². The lowest BCUT2D eigenvalue weighted by molar-refractivity contribution is 0.232. The molecule has 4 rings (SSSR count). The molecule has 0 aliphatic carbocycles. The smallest absolute Gasteiger partial charge is 0.143 e. The summed E-state index contributed by atoms with van der Waals surface area (Å²) < 4.78 is 5.69. The minimum Gasteiger partial charge on any atom is -0.491 e. The van der Waals surface area contributed by atoms with Gasteiger partial charge in [0.15, 0.2) is 0 Å². The van der Waals surface area contributed by atoms with Gasteiger partial charge in [-0.1, -0.05) is 36.4 Å². The van der Waals surface area contributed by atoms with Gasteiger partial charge in [-0.05, 0) is 41.0 Å². The molecule has 1 aromatic heterocycles. The standard InChI is InChI=1S/C21H17N3O/c22-14-15-3-5-16(6-4-15)17-7-9-18(10-8-17)21(23)11-13-25-19-2-1-12-24-20(19)21/h1-10,12H,11,13,23H2/t21-/m0/s1. The molecule has 1 aliphatic heterocycles. The molecular formula is C21H17N3O. The Hall–Kier alpha value is -3.16. The van der Waals surface area contributed by atoms with Crippen LogP contribution in [-0.2, 0) is 5.54 Å². The third kappa shape index (κ3) is 2.65. The first-order valence-electron chi connectivity index (χ1n) is 8.19. The number of aromatic nitrogens is 1. The number of pyridine rings is 1. The van der Waals surface area contributed by atoms with Gasteiger partial charge in [-0.25, -0.2) is 0 Å². The summed E-state index contributed by atoms with van der Waals surface area (Å²) in [4.78, 5) is 4.47. The maximum absolute atomic E-state index is 8.91. The lowest BCUT2D eigenvalue weighted by Gasteiger charge is -2.34. The van der Waals surface area contributed by atoms with Crippen LogP contribution in [0.25, 0.3) is 11.1 Å². The Morgan fingerprint density at radius 2 is 1.68 bits per heavy atom. The number of nitriles is 1. The van der Waals surface area contributed by atoms with Crippen LogP contribution in [0.1, 0.15) is 23.2 Å². The average Bonchev–Trinajstić information content (AvgIpc) is 2.69. The SMILES string of the molecule is N#Cc1ccc(-c2ccc([C@@]3(N)CCOc4cccnc43)cc2)cc1. The van der Waals surface area contributed by atoms with E-state index in [0.29, 0.717) is 18.6 Å². The van der Waals surface area contributed by atoms with E-state index in [9.17, 15) is 0 Å². The number of hydrogen-bond acceptors (Lipinski definition) is 4. The van der Waals surface area contributed by atoms with Crippen molar-refractivity contribution in [3.05, 3.63) is 83.7 Å². The number of ether oxygens (including phenoxy) is 1. The first-order valence-corrected chi connectivity index (χ1v) is 8.19. The van der Waals surface area contributed by atoms with Crippen LogP contribution in [0, 0.1) is 11.3 Å². The predicted octanol–water partition coefficient (Wildman–Crippen LogP) is 3.61. The van der Waals surface area contributed by atoms with E-state index in [2.05, 4.69) is 35.3 Å². The molecule has 2 aromatic carbocycles. The third-order valence-corrected chi connectivity index (χ3v) is 4.69. The minimum atomic E-state index is -0.641. The summed E-state index contributed by atoms with van der Waals surface area (Å²) in [5.74, 6) is 0.757. The number of nitrogens with zero attached hydrogens (tertiary/aromatic N) is 2. The summed E-state index contributed by atoms with van der Waals surface area (Å²) in [6, 6.07) is 21.7. The van der Waals surface area contributed by atoms with E-state index in [1.54, 1.807) is 6.20 Å². The maximum Gasteiger partial charge on any atom is 0.143 e. The Balaban J connectivity index is 1.70. The van der Waals surface area contributed by atoms with Gasteiger partial charge in [0.2, 0.25) is 0 Å². The molecule has 0 bridgehead atoms. The van der Waals surface area contributed by atoms with Crippen LogP contribution >= 0.6 is 0 Å². The Bertz CT molecular complexity index is 942. The number of fused-ring (bicyclic) bond motifs is 1. The molecule has 25 heavy (non-hydrogen) atoms. The van der Waals surface area contributed by atoms with Crippen LogP contribution in [-0.4, -0.2) is 11.6 Å². The van der Waals surface area contributed by atoms with Gasteiger partial charge in [0.25, 0.3) is 0 Å². The highest BCUT2D eigenvalue weighted by Crippen LogP contribution is 2.38. The molecule has 0 fully saturated rings. The minimum absolute atomic E-state index is 0.576. The van der Waals surface area contributed by atoms with Gasteiger partial charge in [-0.3, -0.25) is 4.98 Å². The number of hydrogen-bond donors (Lipinski definition) is 1. The van der Waals surface area contributed by atoms with Gasteiger partial charge in [0, 0.05) is 12.6 Å². The summed E-state index contributed by atoms with van der Waals surface area (Å²) in [6.07, 6.45) is 2.44. The Morgan fingerprint density at radius 1 is 1.00 bits per heavy atom. The zero-order chi connectivity index (χ0) is 17.3. The lowest BCUT2D eigenvalue weighted by Crippen LogP contribution is -2.43. The number of benzene rings is 2. The van der Waals surface area contributed by atoms with E-state index >= 15 is 0 Å². The molecule has 3 aromatic rings. The van der Waals surface area contributed by atoms with E-state index < -0.39 is 5.54 Å². The Kier molecular flexibility index (Phi) is 3.72. The van der Waals surface area contributed by atoms with Gasteiger partial charge in [-0.15, -0.1) is 0 Å². The molecule has 122 valence electrons. The molecule has 0 saturated carbocycles.